The Hall–Kier alpha value is -2.08. The number of carbonyl (C=O) groups excluding carboxylic acids is 1. The molecule has 0 N–H and O–H groups in total. The van der Waals surface area contributed by atoms with Crippen LogP contribution < -0.4 is 0 Å². The SMILES string of the molecule is Cc1occc1C(=O)N1Cc2ccnn2CCC1CN(C)C. The Morgan fingerprint density at radius 2 is 2.27 bits per heavy atom. The molecule has 6 nitrogen and oxygen atoms in total. The second-order valence-electron chi connectivity index (χ2n) is 6.07. The Bertz CT molecular complexity index is 659. The fourth-order valence-electron chi connectivity index (χ4n) is 3.04. The molecule has 1 atom stereocenters. The minimum absolute atomic E-state index is 0.0350. The van der Waals surface area contributed by atoms with Crippen LogP contribution in [0.3, 0.4) is 0 Å². The summed E-state index contributed by atoms with van der Waals surface area (Å²) >= 11 is 0. The molecular weight excluding hydrogens is 280 g/mol. The van der Waals surface area contributed by atoms with Gasteiger partial charge in [-0.3, -0.25) is 9.48 Å². The number of aryl methyl sites for hydroxylation is 2. The van der Waals surface area contributed by atoms with Crippen LogP contribution in [0.2, 0.25) is 0 Å². The molecule has 1 amide bonds. The number of aromatic nitrogens is 2. The Morgan fingerprint density at radius 3 is 2.95 bits per heavy atom. The summed E-state index contributed by atoms with van der Waals surface area (Å²) in [5, 5.41) is 4.35. The zero-order chi connectivity index (χ0) is 15.7. The summed E-state index contributed by atoms with van der Waals surface area (Å²) in [5.74, 6) is 0.708. The number of furan rings is 1. The maximum Gasteiger partial charge on any atom is 0.258 e. The maximum absolute atomic E-state index is 13.0. The number of fused-ring (bicyclic) bond motifs is 1. The van der Waals surface area contributed by atoms with Gasteiger partial charge < -0.3 is 14.2 Å². The van der Waals surface area contributed by atoms with Gasteiger partial charge in [-0.25, -0.2) is 0 Å². The van der Waals surface area contributed by atoms with Crippen molar-refractivity contribution in [2.45, 2.75) is 32.5 Å². The normalized spacial score (nSPS) is 18.4. The minimum atomic E-state index is 0.0350. The molecule has 0 radical (unpaired) electrons. The topological polar surface area (TPSA) is 54.5 Å². The van der Waals surface area contributed by atoms with Gasteiger partial charge in [0.25, 0.3) is 5.91 Å². The Kier molecular flexibility index (Phi) is 4.02. The molecule has 6 heteroatoms. The second-order valence-corrected chi connectivity index (χ2v) is 6.07. The molecule has 0 bridgehead atoms. The van der Waals surface area contributed by atoms with Crippen LogP contribution in [0.1, 0.15) is 28.2 Å². The molecule has 3 rings (SSSR count). The van der Waals surface area contributed by atoms with Crippen LogP contribution in [0.5, 0.6) is 0 Å². The largest absolute Gasteiger partial charge is 0.469 e. The van der Waals surface area contributed by atoms with E-state index in [1.807, 2.05) is 36.7 Å². The lowest BCUT2D eigenvalue weighted by Crippen LogP contribution is -2.44. The van der Waals surface area contributed by atoms with Crippen molar-refractivity contribution >= 4 is 5.91 Å². The van der Waals surface area contributed by atoms with Gasteiger partial charge in [0.15, 0.2) is 0 Å². The van der Waals surface area contributed by atoms with E-state index >= 15 is 0 Å². The first-order valence-corrected chi connectivity index (χ1v) is 7.56. The van der Waals surface area contributed by atoms with Crippen molar-refractivity contribution in [3.8, 4) is 0 Å². The van der Waals surface area contributed by atoms with E-state index in [-0.39, 0.29) is 11.9 Å². The molecule has 2 aromatic heterocycles. The first-order chi connectivity index (χ1) is 10.6. The lowest BCUT2D eigenvalue weighted by molar-refractivity contribution is 0.0625. The highest BCUT2D eigenvalue weighted by molar-refractivity contribution is 5.95. The molecule has 0 aliphatic carbocycles. The quantitative estimate of drug-likeness (QED) is 0.867. The average molecular weight is 302 g/mol. The smallest absolute Gasteiger partial charge is 0.258 e. The van der Waals surface area contributed by atoms with E-state index in [0.717, 1.165) is 25.2 Å². The maximum atomic E-state index is 13.0. The number of hydrogen-bond acceptors (Lipinski definition) is 4. The van der Waals surface area contributed by atoms with Crippen molar-refractivity contribution in [1.29, 1.82) is 0 Å². The van der Waals surface area contributed by atoms with E-state index in [2.05, 4.69) is 10.00 Å². The van der Waals surface area contributed by atoms with Gasteiger partial charge >= 0.3 is 0 Å². The highest BCUT2D eigenvalue weighted by Gasteiger charge is 2.30. The first kappa shape index (κ1) is 14.8. The third-order valence-electron chi connectivity index (χ3n) is 4.18. The fourth-order valence-corrected chi connectivity index (χ4v) is 3.04. The average Bonchev–Trinajstić information content (AvgIpc) is 3.05. The molecule has 22 heavy (non-hydrogen) atoms. The minimum Gasteiger partial charge on any atom is -0.469 e. The van der Waals surface area contributed by atoms with Crippen LogP contribution in [-0.4, -0.2) is 52.2 Å². The standard InChI is InChI=1S/C16H22N4O2/c1-12-15(6-9-22-12)16(21)19-11-14-4-7-17-20(14)8-5-13(19)10-18(2)3/h4,6-7,9,13H,5,8,10-11H2,1-3H3. The number of carbonyl (C=O) groups is 1. The zero-order valence-corrected chi connectivity index (χ0v) is 13.3. The summed E-state index contributed by atoms with van der Waals surface area (Å²) < 4.78 is 7.30. The molecule has 0 saturated carbocycles. The van der Waals surface area contributed by atoms with Crippen molar-refractivity contribution in [2.24, 2.45) is 0 Å². The summed E-state index contributed by atoms with van der Waals surface area (Å²) in [6.07, 6.45) is 4.27. The monoisotopic (exact) mass is 302 g/mol. The van der Waals surface area contributed by atoms with Crippen molar-refractivity contribution in [3.63, 3.8) is 0 Å². The predicted molar refractivity (Wildman–Crippen MR) is 82.5 cm³/mol. The van der Waals surface area contributed by atoms with Gasteiger partial charge in [0, 0.05) is 25.3 Å². The second kappa shape index (κ2) is 5.96. The molecule has 1 aliphatic rings. The van der Waals surface area contributed by atoms with E-state index < -0.39 is 0 Å². The molecule has 2 aromatic rings. The van der Waals surface area contributed by atoms with Crippen LogP contribution in [-0.2, 0) is 13.1 Å². The number of nitrogens with zero attached hydrogens (tertiary/aromatic N) is 4. The molecule has 1 unspecified atom stereocenters. The van der Waals surface area contributed by atoms with Crippen LogP contribution in [0.4, 0.5) is 0 Å². The van der Waals surface area contributed by atoms with Gasteiger partial charge in [0.2, 0.25) is 0 Å². The molecule has 1 aliphatic heterocycles. The molecule has 0 aromatic carbocycles. The summed E-state index contributed by atoms with van der Waals surface area (Å²) in [4.78, 5) is 17.1. The van der Waals surface area contributed by atoms with E-state index in [1.54, 1.807) is 18.5 Å². The summed E-state index contributed by atoms with van der Waals surface area (Å²) in [5.41, 5.74) is 1.73. The zero-order valence-electron chi connectivity index (χ0n) is 13.3. The fraction of sp³-hybridized carbons (Fsp3) is 0.500. The van der Waals surface area contributed by atoms with Crippen molar-refractivity contribution in [3.05, 3.63) is 41.6 Å². The molecule has 118 valence electrons. The molecular formula is C16H22N4O2. The number of likely N-dealkylation sites (N-methyl/N-ethyl adjacent to an activating group) is 1. The van der Waals surface area contributed by atoms with Gasteiger partial charge in [0.05, 0.1) is 24.1 Å². The highest BCUT2D eigenvalue weighted by Crippen LogP contribution is 2.22. The number of rotatable bonds is 3. The van der Waals surface area contributed by atoms with Gasteiger partial charge in [-0.05, 0) is 39.6 Å². The van der Waals surface area contributed by atoms with Crippen LogP contribution in [0, 0.1) is 6.92 Å². The van der Waals surface area contributed by atoms with Gasteiger partial charge in [0.1, 0.15) is 5.76 Å². The van der Waals surface area contributed by atoms with E-state index in [4.69, 9.17) is 4.42 Å². The summed E-state index contributed by atoms with van der Waals surface area (Å²) in [7, 11) is 4.07. The molecule has 0 spiro atoms. The number of amides is 1. The lowest BCUT2D eigenvalue weighted by Gasteiger charge is -2.31. The van der Waals surface area contributed by atoms with Crippen LogP contribution in [0.15, 0.2) is 29.0 Å². The predicted octanol–water partition coefficient (Wildman–Crippen LogP) is 1.76. The number of hydrogen-bond donors (Lipinski definition) is 0. The van der Waals surface area contributed by atoms with Gasteiger partial charge in [-0.15, -0.1) is 0 Å². The Morgan fingerprint density at radius 1 is 1.45 bits per heavy atom. The van der Waals surface area contributed by atoms with Crippen LogP contribution in [0.25, 0.3) is 0 Å². The molecule has 0 fully saturated rings. The summed E-state index contributed by atoms with van der Waals surface area (Å²) in [6.45, 7) is 4.10. The highest BCUT2D eigenvalue weighted by atomic mass is 16.3. The lowest BCUT2D eigenvalue weighted by atomic mass is 10.1. The molecule has 3 heterocycles. The van der Waals surface area contributed by atoms with E-state index in [1.165, 1.54) is 0 Å². The van der Waals surface area contributed by atoms with Gasteiger partial charge in [-0.1, -0.05) is 0 Å². The van der Waals surface area contributed by atoms with Crippen LogP contribution >= 0.6 is 0 Å². The summed E-state index contributed by atoms with van der Waals surface area (Å²) in [6, 6.07) is 3.91. The Balaban J connectivity index is 1.92. The first-order valence-electron chi connectivity index (χ1n) is 7.56. The van der Waals surface area contributed by atoms with Crippen molar-refractivity contribution in [1.82, 2.24) is 19.6 Å². The Labute approximate surface area is 130 Å². The van der Waals surface area contributed by atoms with E-state index in [9.17, 15) is 4.79 Å². The van der Waals surface area contributed by atoms with E-state index in [0.29, 0.717) is 17.9 Å². The third-order valence-corrected chi connectivity index (χ3v) is 4.18. The van der Waals surface area contributed by atoms with Crippen molar-refractivity contribution in [2.75, 3.05) is 20.6 Å². The molecule has 0 saturated heterocycles. The van der Waals surface area contributed by atoms with Crippen molar-refractivity contribution < 1.29 is 9.21 Å². The van der Waals surface area contributed by atoms with Gasteiger partial charge in [-0.2, -0.15) is 5.10 Å². The third kappa shape index (κ3) is 2.78.